The molecule has 1 aliphatic carbocycles. The molecule has 2 aromatic heterocycles. The van der Waals surface area contributed by atoms with E-state index in [0.29, 0.717) is 6.54 Å². The third-order valence-corrected chi connectivity index (χ3v) is 6.43. The van der Waals surface area contributed by atoms with Crippen LogP contribution in [0.15, 0.2) is 54.9 Å². The fraction of sp³-hybridized carbons (Fsp3) is 0.318. The zero-order valence-corrected chi connectivity index (χ0v) is 16.4. The zero-order valence-electron chi connectivity index (χ0n) is 15.6. The van der Waals surface area contributed by atoms with Crippen molar-refractivity contribution in [2.24, 2.45) is 0 Å². The van der Waals surface area contributed by atoms with Crippen LogP contribution in [0.3, 0.4) is 0 Å². The summed E-state index contributed by atoms with van der Waals surface area (Å²) in [6, 6.07) is 13.9. The molecular weight excluding hydrogens is 354 g/mol. The number of hydrogen-bond acceptors (Lipinski definition) is 2. The minimum atomic E-state index is -0.124. The molecule has 1 atom stereocenters. The van der Waals surface area contributed by atoms with Crippen LogP contribution < -0.4 is 10.6 Å². The van der Waals surface area contributed by atoms with Crippen molar-refractivity contribution in [3.8, 4) is 5.00 Å². The molecular formula is C22H25N3OS. The second-order valence-corrected chi connectivity index (χ2v) is 8.14. The lowest BCUT2D eigenvalue weighted by molar-refractivity contribution is 0.237. The molecule has 0 radical (unpaired) electrons. The number of aromatic nitrogens is 1. The van der Waals surface area contributed by atoms with Gasteiger partial charge in [-0.1, -0.05) is 30.3 Å². The van der Waals surface area contributed by atoms with Crippen molar-refractivity contribution in [1.82, 2.24) is 15.2 Å². The maximum Gasteiger partial charge on any atom is 0.315 e. The first-order valence-corrected chi connectivity index (χ1v) is 10.4. The largest absolute Gasteiger partial charge is 0.334 e. The van der Waals surface area contributed by atoms with Crippen molar-refractivity contribution in [1.29, 1.82) is 0 Å². The SMILES string of the molecule is C[C@@H](NC(=O)NCc1ccccc1)c1c(-n2cccc2)sc2c1CCCC2. The number of nitrogens with one attached hydrogen (secondary N) is 2. The van der Waals surface area contributed by atoms with E-state index in [1.54, 1.807) is 0 Å². The number of benzene rings is 1. The van der Waals surface area contributed by atoms with E-state index in [2.05, 4.69) is 34.5 Å². The number of rotatable bonds is 5. The van der Waals surface area contributed by atoms with Crippen LogP contribution in [-0.2, 0) is 19.4 Å². The van der Waals surface area contributed by atoms with Gasteiger partial charge in [-0.15, -0.1) is 11.3 Å². The quantitative estimate of drug-likeness (QED) is 0.645. The van der Waals surface area contributed by atoms with E-state index in [1.165, 1.54) is 33.8 Å². The highest BCUT2D eigenvalue weighted by atomic mass is 32.1. The van der Waals surface area contributed by atoms with Crippen LogP contribution in [-0.4, -0.2) is 10.6 Å². The fourth-order valence-corrected chi connectivity index (χ4v) is 5.23. The predicted octanol–water partition coefficient (Wildman–Crippen LogP) is 4.98. The third-order valence-electron chi connectivity index (χ3n) is 5.11. The third kappa shape index (κ3) is 3.93. The highest BCUT2D eigenvalue weighted by Crippen LogP contribution is 2.40. The first kappa shape index (κ1) is 17.9. The number of fused-ring (bicyclic) bond motifs is 1. The van der Waals surface area contributed by atoms with Gasteiger partial charge in [-0.05, 0) is 55.9 Å². The number of hydrogen-bond donors (Lipinski definition) is 2. The van der Waals surface area contributed by atoms with E-state index in [4.69, 9.17) is 0 Å². The number of nitrogens with zero attached hydrogens (tertiary/aromatic N) is 1. The molecule has 4 nitrogen and oxygen atoms in total. The average Bonchev–Trinajstić information content (AvgIpc) is 3.34. The van der Waals surface area contributed by atoms with Gasteiger partial charge in [0.1, 0.15) is 5.00 Å². The van der Waals surface area contributed by atoms with Gasteiger partial charge in [-0.25, -0.2) is 4.79 Å². The van der Waals surface area contributed by atoms with Gasteiger partial charge in [0.25, 0.3) is 0 Å². The second-order valence-electron chi connectivity index (χ2n) is 7.05. The number of aryl methyl sites for hydroxylation is 1. The van der Waals surface area contributed by atoms with E-state index >= 15 is 0 Å². The molecule has 27 heavy (non-hydrogen) atoms. The zero-order chi connectivity index (χ0) is 18.6. The lowest BCUT2D eigenvalue weighted by Gasteiger charge is -2.20. The molecule has 1 aliphatic rings. The Balaban J connectivity index is 1.51. The van der Waals surface area contributed by atoms with E-state index in [9.17, 15) is 4.79 Å². The highest BCUT2D eigenvalue weighted by molar-refractivity contribution is 7.15. The molecule has 3 aromatic rings. The summed E-state index contributed by atoms with van der Waals surface area (Å²) in [5.74, 6) is 0. The summed E-state index contributed by atoms with van der Waals surface area (Å²) < 4.78 is 2.18. The Bertz CT molecular complexity index is 899. The number of carbonyl (C=O) groups excluding carboxylic acids is 1. The summed E-state index contributed by atoms with van der Waals surface area (Å²) in [5, 5.41) is 7.36. The van der Waals surface area contributed by atoms with Crippen molar-refractivity contribution in [2.75, 3.05) is 0 Å². The van der Waals surface area contributed by atoms with Gasteiger partial charge in [0, 0.05) is 29.4 Å². The topological polar surface area (TPSA) is 46.1 Å². The number of urea groups is 1. The van der Waals surface area contributed by atoms with Crippen molar-refractivity contribution >= 4 is 17.4 Å². The smallest absolute Gasteiger partial charge is 0.315 e. The maximum atomic E-state index is 12.5. The van der Waals surface area contributed by atoms with Crippen LogP contribution in [0.4, 0.5) is 4.79 Å². The van der Waals surface area contributed by atoms with Gasteiger partial charge >= 0.3 is 6.03 Å². The summed E-state index contributed by atoms with van der Waals surface area (Å²) in [7, 11) is 0. The Morgan fingerprint density at radius 3 is 2.63 bits per heavy atom. The first-order chi connectivity index (χ1) is 13.2. The number of carbonyl (C=O) groups is 1. The summed E-state index contributed by atoms with van der Waals surface area (Å²) in [4.78, 5) is 13.9. The molecule has 2 heterocycles. The minimum absolute atomic E-state index is 0.0312. The van der Waals surface area contributed by atoms with E-state index in [-0.39, 0.29) is 12.1 Å². The van der Waals surface area contributed by atoms with Crippen molar-refractivity contribution in [3.63, 3.8) is 0 Å². The Morgan fingerprint density at radius 1 is 1.11 bits per heavy atom. The van der Waals surface area contributed by atoms with Crippen LogP contribution >= 0.6 is 11.3 Å². The van der Waals surface area contributed by atoms with Crippen molar-refractivity contribution in [2.45, 2.75) is 45.2 Å². The monoisotopic (exact) mass is 379 g/mol. The van der Waals surface area contributed by atoms with Gasteiger partial charge in [-0.2, -0.15) is 0 Å². The van der Waals surface area contributed by atoms with Gasteiger partial charge in [0.05, 0.1) is 6.04 Å². The van der Waals surface area contributed by atoms with Gasteiger partial charge in [0.15, 0.2) is 0 Å². The lowest BCUT2D eigenvalue weighted by Crippen LogP contribution is -2.37. The van der Waals surface area contributed by atoms with Crippen LogP contribution in [0.1, 0.15) is 47.4 Å². The summed E-state index contributed by atoms with van der Waals surface area (Å²) in [6.45, 7) is 2.62. The van der Waals surface area contributed by atoms with Crippen LogP contribution in [0.2, 0.25) is 0 Å². The number of amides is 2. The lowest BCUT2D eigenvalue weighted by atomic mass is 9.93. The summed E-state index contributed by atoms with van der Waals surface area (Å²) in [6.07, 6.45) is 8.93. The Morgan fingerprint density at radius 2 is 1.85 bits per heavy atom. The molecule has 4 rings (SSSR count). The van der Waals surface area contributed by atoms with Crippen molar-refractivity contribution < 1.29 is 4.79 Å². The first-order valence-electron chi connectivity index (χ1n) is 9.58. The molecule has 2 N–H and O–H groups in total. The Kier molecular flexibility index (Phi) is 5.30. The van der Waals surface area contributed by atoms with Crippen molar-refractivity contribution in [3.05, 3.63) is 76.4 Å². The molecule has 0 unspecified atom stereocenters. The van der Waals surface area contributed by atoms with Gasteiger partial charge in [-0.3, -0.25) is 0 Å². The summed E-state index contributed by atoms with van der Waals surface area (Å²) in [5.41, 5.74) is 3.83. The predicted molar refractivity (Wildman–Crippen MR) is 111 cm³/mol. The fourth-order valence-electron chi connectivity index (χ4n) is 3.78. The molecule has 0 aliphatic heterocycles. The molecule has 0 saturated heterocycles. The standard InChI is InChI=1S/C22H25N3OS/c1-16(24-22(26)23-15-17-9-3-2-4-10-17)20-18-11-5-6-12-19(18)27-21(20)25-13-7-8-14-25/h2-4,7-10,13-14,16H,5-6,11-12,15H2,1H3,(H2,23,24,26)/t16-/m1/s1. The molecule has 140 valence electrons. The number of thiophene rings is 1. The normalized spacial score (nSPS) is 14.4. The van der Waals surface area contributed by atoms with E-state index < -0.39 is 0 Å². The van der Waals surface area contributed by atoms with Crippen LogP contribution in [0.25, 0.3) is 5.00 Å². The van der Waals surface area contributed by atoms with E-state index in [0.717, 1.165) is 18.4 Å². The van der Waals surface area contributed by atoms with Gasteiger partial charge < -0.3 is 15.2 Å². The van der Waals surface area contributed by atoms with Crippen LogP contribution in [0, 0.1) is 0 Å². The average molecular weight is 380 g/mol. The minimum Gasteiger partial charge on any atom is -0.334 e. The second kappa shape index (κ2) is 8.01. The summed E-state index contributed by atoms with van der Waals surface area (Å²) >= 11 is 1.88. The molecule has 5 heteroatoms. The molecule has 0 bridgehead atoms. The van der Waals surface area contributed by atoms with Gasteiger partial charge in [0.2, 0.25) is 0 Å². The maximum absolute atomic E-state index is 12.5. The Hall–Kier alpha value is -2.53. The van der Waals surface area contributed by atoms with E-state index in [1.807, 2.05) is 53.8 Å². The molecule has 0 fully saturated rings. The molecule has 0 saturated carbocycles. The van der Waals surface area contributed by atoms with Crippen LogP contribution in [0.5, 0.6) is 0 Å². The molecule has 0 spiro atoms. The Labute approximate surface area is 164 Å². The molecule has 2 amide bonds. The molecule has 1 aromatic carbocycles. The highest BCUT2D eigenvalue weighted by Gasteiger charge is 2.25.